The van der Waals surface area contributed by atoms with Crippen LogP contribution in [0.25, 0.3) is 27.4 Å². The van der Waals surface area contributed by atoms with Crippen molar-refractivity contribution in [3.63, 3.8) is 0 Å². The molecule has 0 unspecified atom stereocenters. The Morgan fingerprint density at radius 3 is 1.43 bits per heavy atom. The summed E-state index contributed by atoms with van der Waals surface area (Å²) >= 11 is 9.90. The summed E-state index contributed by atoms with van der Waals surface area (Å²) in [5, 5.41) is 46.4. The number of aromatic nitrogens is 12. The number of rotatable bonds is 20. The predicted octanol–water partition coefficient (Wildman–Crippen LogP) is 15.7. The summed E-state index contributed by atoms with van der Waals surface area (Å²) in [4.78, 5) is 102. The molecule has 4 aromatic carbocycles. The van der Waals surface area contributed by atoms with Crippen molar-refractivity contribution in [3.05, 3.63) is 215 Å². The Balaban J connectivity index is 0.000000179. The minimum Gasteiger partial charge on any atom is -0.508 e. The molecule has 714 valence electrons. The highest BCUT2D eigenvalue weighted by atomic mass is 79.9. The number of fused-ring (bicyclic) bond motifs is 6. The van der Waals surface area contributed by atoms with Crippen LogP contribution in [-0.2, 0) is 45.1 Å². The van der Waals surface area contributed by atoms with Crippen molar-refractivity contribution >= 4 is 135 Å². The molecule has 43 heteroatoms. The fraction of sp³-hybridized carbons (Fsp3) is 0.396. The first-order chi connectivity index (χ1) is 63.7. The highest BCUT2D eigenvalue weighted by Gasteiger charge is 2.30. The van der Waals surface area contributed by atoms with Gasteiger partial charge in [0.15, 0.2) is 22.6 Å². The molecule has 134 heavy (non-hydrogen) atoms. The van der Waals surface area contributed by atoms with Crippen LogP contribution in [0.1, 0.15) is 174 Å². The van der Waals surface area contributed by atoms with Gasteiger partial charge in [-0.25, -0.2) is 79.6 Å². The molecule has 10 heterocycles. The highest BCUT2D eigenvalue weighted by molar-refractivity contribution is 9.11. The average molecular weight is 2050 g/mol. The van der Waals surface area contributed by atoms with Gasteiger partial charge in [-0.1, -0.05) is 0 Å². The molecule has 12 aromatic rings. The van der Waals surface area contributed by atoms with Crippen LogP contribution >= 0.6 is 47.8 Å². The number of benzene rings is 4. The lowest BCUT2D eigenvalue weighted by Crippen LogP contribution is -2.37. The normalized spacial score (nSPS) is 14.2. The largest absolute Gasteiger partial charge is 0.508 e. The van der Waals surface area contributed by atoms with E-state index in [1.807, 2.05) is 60.3 Å². The number of halogens is 7. The molecule has 2 aliphatic heterocycles. The van der Waals surface area contributed by atoms with Gasteiger partial charge in [-0.05, 0) is 231 Å². The molecular formula is C91H106Br3F4N21O15. The lowest BCUT2D eigenvalue weighted by molar-refractivity contribution is 0.0491. The SMILES string of the molecule is CCN1Cc2c(ccc(F)c2Br)O[C@@H](C)CNC(=O)c2cnn3ccc1nc23.CCOC(=O)c1cnn2ccc(N(CC)Cc3c(O)ccc(F)c3Br)nc12.CCOC(=O)c1cnn2ccc(N(CC)Cc3c(O[C@@H](C)CNC(=O)OC(C)(C)C)ccc(F)c3Br)nc12.C[C@@H](O)CNC(=O)OC(C)(C)C.[C-]#[N+]c1c(F)ccc2c1CN(CC)c1ccn3ncc(c3n1)C(=O)NC[C@H](C)O2. The van der Waals surface area contributed by atoms with E-state index in [0.717, 1.165) is 0 Å². The van der Waals surface area contributed by atoms with Gasteiger partial charge in [0.05, 0.1) is 83.7 Å². The van der Waals surface area contributed by atoms with Crippen molar-refractivity contribution in [1.82, 2.24) is 79.7 Å². The number of alkyl carbamates (subject to hydrolysis) is 2. The minimum atomic E-state index is -0.613. The highest BCUT2D eigenvalue weighted by Crippen LogP contribution is 2.39. The second kappa shape index (κ2) is 46.4. The molecule has 0 spiro atoms. The Morgan fingerprint density at radius 2 is 0.970 bits per heavy atom. The van der Waals surface area contributed by atoms with Crippen molar-refractivity contribution in [2.24, 2.45) is 0 Å². The number of hydrogen-bond acceptors (Lipinski definition) is 27. The topological polar surface area (TPSA) is 394 Å². The average Bonchev–Trinajstić information content (AvgIpc) is 1.50. The van der Waals surface area contributed by atoms with Crippen molar-refractivity contribution in [1.29, 1.82) is 0 Å². The number of esters is 2. The minimum absolute atomic E-state index is 0.0145. The van der Waals surface area contributed by atoms with Crippen LogP contribution in [-0.4, -0.2) is 206 Å². The smallest absolute Gasteiger partial charge is 0.407 e. The first kappa shape index (κ1) is 103. The standard InChI is InChI=1S/C26H33BrFN5O5.C20H19FN6O2.C19H19BrFN5O2.C18H18BrFN4O3.C8H17NO3/c1-7-32(21-11-12-33-23(31-21)17(14-30-33)24(34)36-8-2)15-18-20(10-9-19(28)22(18)27)37-16(3)13-29-25(35)38-26(4,5)6;1-4-26-11-14-16(6-5-15(21)18(14)22-3)29-12(2)9-23-20(28)13-10-24-27-8-7-17(26)25-19(13)27;1-3-25-10-13-15(5-4-14(21)17(13)20)28-11(2)8-22-19(27)12-9-23-26-7-6-16(25)24-18(12)26;1-3-23(10-12-14(25)6-5-13(20)16(12)19)15-7-8-24-17(22-15)11(9-21-24)18(26)27-4-2;1-6(10)5-9-7(11)12-8(2,3)4/h9-12,14,16H,7-8,13,15H2,1-6H3,(H,29,35);5-8,10,12H,4,9,11H2,1-2H3,(H,23,28);4-7,9,11H,3,8,10H2,1-2H3,(H,22,27);5-9,25H,3-4,10H2,1-2H3;6,10H,5H2,1-4H3,(H,9,11)/t16-;12-;11-;;6-/m000.1/s1. The number of amides is 4. The maximum Gasteiger partial charge on any atom is 0.407 e. The van der Waals surface area contributed by atoms with E-state index in [1.165, 1.54) is 74.7 Å². The van der Waals surface area contributed by atoms with Crippen molar-refractivity contribution in [3.8, 4) is 23.0 Å². The van der Waals surface area contributed by atoms with E-state index in [9.17, 15) is 51.4 Å². The van der Waals surface area contributed by atoms with Crippen LogP contribution in [0.2, 0.25) is 0 Å². The third-order valence-electron chi connectivity index (χ3n) is 19.9. The monoisotopic (exact) mass is 2050 g/mol. The number of aliphatic hydroxyl groups is 1. The predicted molar refractivity (Wildman–Crippen MR) is 502 cm³/mol. The third-order valence-corrected chi connectivity index (χ3v) is 22.4. The van der Waals surface area contributed by atoms with Gasteiger partial charge < -0.3 is 84.2 Å². The molecule has 4 amide bonds. The van der Waals surface area contributed by atoms with Crippen molar-refractivity contribution in [2.75, 3.05) is 85.2 Å². The van der Waals surface area contributed by atoms with Crippen LogP contribution in [0.5, 0.6) is 23.0 Å². The van der Waals surface area contributed by atoms with Gasteiger partial charge in [0.2, 0.25) is 5.69 Å². The van der Waals surface area contributed by atoms with E-state index >= 15 is 0 Å². The molecule has 4 bridgehead atoms. The van der Waals surface area contributed by atoms with Gasteiger partial charge in [0.25, 0.3) is 11.8 Å². The molecule has 0 radical (unpaired) electrons. The van der Waals surface area contributed by atoms with E-state index in [2.05, 4.69) is 114 Å². The van der Waals surface area contributed by atoms with Crippen LogP contribution in [0.3, 0.4) is 0 Å². The fourth-order valence-corrected chi connectivity index (χ4v) is 14.6. The molecular weight excluding hydrogens is 1940 g/mol. The summed E-state index contributed by atoms with van der Waals surface area (Å²) in [5.41, 5.74) is 3.86. The fourth-order valence-electron chi connectivity index (χ4n) is 13.2. The van der Waals surface area contributed by atoms with Gasteiger partial charge in [-0.2, -0.15) is 20.4 Å². The van der Waals surface area contributed by atoms with Crippen LogP contribution in [0, 0.1) is 29.8 Å². The molecule has 36 nitrogen and oxygen atoms in total. The number of anilines is 4. The first-order valence-electron chi connectivity index (χ1n) is 42.9. The summed E-state index contributed by atoms with van der Waals surface area (Å²) in [6, 6.07) is 18.2. The Kier molecular flexibility index (Phi) is 35.7. The summed E-state index contributed by atoms with van der Waals surface area (Å²) in [5.74, 6) is 0.390. The van der Waals surface area contributed by atoms with Crippen LogP contribution < -0.4 is 55.1 Å². The molecule has 4 atom stereocenters. The summed E-state index contributed by atoms with van der Waals surface area (Å²) in [6.45, 7) is 41.2. The van der Waals surface area contributed by atoms with Gasteiger partial charge in [-0.15, -0.1) is 0 Å². The number of nitrogens with one attached hydrogen (secondary N) is 4. The quantitative estimate of drug-likeness (QED) is 0.0179. The number of aliphatic hydroxyl groups excluding tert-OH is 1. The molecule has 6 N–H and O–H groups in total. The molecule has 2 aliphatic rings. The summed E-state index contributed by atoms with van der Waals surface area (Å²) in [6.07, 6.45) is 9.96. The Bertz CT molecular complexity index is 6240. The number of phenols is 1. The number of phenolic OH excluding ortho intramolecular Hbond substituents is 1. The molecule has 0 saturated carbocycles. The summed E-state index contributed by atoms with van der Waals surface area (Å²) < 4.78 is 102. The van der Waals surface area contributed by atoms with Gasteiger partial charge in [0.1, 0.15) is 121 Å². The Labute approximate surface area is 795 Å². The number of ether oxygens (including phenoxy) is 7. The number of carbonyl (C=O) groups is 6. The Morgan fingerprint density at radius 1 is 0.560 bits per heavy atom. The molecule has 8 aromatic heterocycles. The van der Waals surface area contributed by atoms with E-state index in [1.54, 1.807) is 136 Å². The lowest BCUT2D eigenvalue weighted by Gasteiger charge is -2.26. The molecule has 0 saturated heterocycles. The van der Waals surface area contributed by atoms with Gasteiger partial charge in [0, 0.05) is 106 Å². The summed E-state index contributed by atoms with van der Waals surface area (Å²) in [7, 11) is 0. The second-order valence-electron chi connectivity index (χ2n) is 32.3. The zero-order valence-corrected chi connectivity index (χ0v) is 81.5. The molecule has 0 fully saturated rings. The van der Waals surface area contributed by atoms with Crippen molar-refractivity contribution in [2.45, 2.75) is 173 Å². The lowest BCUT2D eigenvalue weighted by atomic mass is 10.1. The zero-order valence-electron chi connectivity index (χ0n) is 76.7. The maximum atomic E-state index is 14.6. The zero-order chi connectivity index (χ0) is 97.7. The third kappa shape index (κ3) is 26.6. The number of nitrogens with zero attached hydrogens (tertiary/aromatic N) is 17. The number of hydrogen-bond donors (Lipinski definition) is 6. The van der Waals surface area contributed by atoms with E-state index < -0.39 is 65.0 Å². The number of carbonyl (C=O) groups excluding carboxylic acids is 6. The molecule has 0 aliphatic carbocycles. The van der Waals surface area contributed by atoms with E-state index in [0.29, 0.717) is 140 Å². The first-order valence-corrected chi connectivity index (χ1v) is 45.2. The van der Waals surface area contributed by atoms with Gasteiger partial charge in [-0.3, -0.25) is 9.59 Å². The van der Waals surface area contributed by atoms with E-state index in [4.69, 9.17) is 44.8 Å². The van der Waals surface area contributed by atoms with E-state index in [-0.39, 0.29) is 114 Å². The molecule has 14 rings (SSSR count). The van der Waals surface area contributed by atoms with Gasteiger partial charge >= 0.3 is 24.1 Å². The Hall–Kier alpha value is -13.2. The second-order valence-corrected chi connectivity index (χ2v) is 34.7. The van der Waals surface area contributed by atoms with Crippen molar-refractivity contribution < 1.29 is 89.7 Å². The van der Waals surface area contributed by atoms with Crippen LogP contribution in [0.4, 0.5) is 56.1 Å². The maximum absolute atomic E-state index is 14.6. The van der Waals surface area contributed by atoms with Crippen LogP contribution in [0.15, 0.2) is 136 Å². The number of aromatic hydroxyl groups is 1.